The number of benzene rings is 2. The van der Waals surface area contributed by atoms with Gasteiger partial charge in [0.1, 0.15) is 0 Å². The van der Waals surface area contributed by atoms with Crippen LogP contribution in [-0.4, -0.2) is 60.7 Å². The number of piperazine rings is 1. The van der Waals surface area contributed by atoms with Gasteiger partial charge < -0.3 is 15.1 Å². The number of nitrogens with zero attached hydrogens (tertiary/aromatic N) is 2. The van der Waals surface area contributed by atoms with Crippen LogP contribution in [-0.2, 0) is 14.4 Å². The normalized spacial score (nSPS) is 13.8. The molecule has 0 radical (unpaired) electrons. The maximum Gasteiger partial charge on any atom is 0.234 e. The second-order valence-electron chi connectivity index (χ2n) is 8.55. The molecule has 3 rings (SSSR count). The number of hydrogen-bond acceptors (Lipinski definition) is 3. The van der Waals surface area contributed by atoms with Crippen LogP contribution in [0.5, 0.6) is 0 Å². The lowest BCUT2D eigenvalue weighted by Gasteiger charge is -2.36. The zero-order valence-corrected chi connectivity index (χ0v) is 19.5. The number of amides is 3. The molecule has 0 aromatic heterocycles. The van der Waals surface area contributed by atoms with Crippen molar-refractivity contribution in [3.8, 4) is 0 Å². The Hall–Kier alpha value is -3.15. The van der Waals surface area contributed by atoms with E-state index in [1.165, 1.54) is 0 Å². The highest BCUT2D eigenvalue weighted by Crippen LogP contribution is 2.27. The minimum absolute atomic E-state index is 0.0697. The summed E-state index contributed by atoms with van der Waals surface area (Å²) >= 11 is 0. The summed E-state index contributed by atoms with van der Waals surface area (Å²) in [6, 6.07) is 19.8. The summed E-state index contributed by atoms with van der Waals surface area (Å²) in [5.41, 5.74) is 1.98. The average Bonchev–Trinajstić information content (AvgIpc) is 2.87. The van der Waals surface area contributed by atoms with Crippen LogP contribution in [0.2, 0.25) is 0 Å². The third kappa shape index (κ3) is 7.17. The Morgan fingerprint density at radius 1 is 0.727 bits per heavy atom. The highest BCUT2D eigenvalue weighted by Gasteiger charge is 2.30. The van der Waals surface area contributed by atoms with Crippen LogP contribution in [0.1, 0.15) is 55.6 Å². The lowest BCUT2D eigenvalue weighted by molar-refractivity contribution is -0.140. The van der Waals surface area contributed by atoms with Crippen LogP contribution in [0, 0.1) is 0 Å². The molecule has 2 aromatic rings. The molecular weight excluding hydrogens is 414 g/mol. The molecule has 176 valence electrons. The second-order valence-corrected chi connectivity index (χ2v) is 8.55. The smallest absolute Gasteiger partial charge is 0.234 e. The van der Waals surface area contributed by atoms with Crippen LogP contribution in [0.4, 0.5) is 0 Å². The molecule has 1 aliphatic heterocycles. The first kappa shape index (κ1) is 24.5. The summed E-state index contributed by atoms with van der Waals surface area (Å²) in [5, 5.41) is 2.63. The SMILES string of the molecule is CNC(=O)CCCCCCC(=O)N1CCN(C(=O)C(c2ccccc2)c2ccccc2)CC1. The van der Waals surface area contributed by atoms with Gasteiger partial charge >= 0.3 is 0 Å². The first-order valence-corrected chi connectivity index (χ1v) is 12.0. The van der Waals surface area contributed by atoms with E-state index < -0.39 is 0 Å². The molecule has 0 bridgehead atoms. The number of unbranched alkanes of at least 4 members (excludes halogenated alkanes) is 3. The monoisotopic (exact) mass is 449 g/mol. The summed E-state index contributed by atoms with van der Waals surface area (Å²) in [6.07, 6.45) is 4.70. The molecule has 1 aliphatic rings. The van der Waals surface area contributed by atoms with Crippen molar-refractivity contribution >= 4 is 17.7 Å². The maximum atomic E-state index is 13.5. The molecule has 0 spiro atoms. The summed E-state index contributed by atoms with van der Waals surface area (Å²) in [6.45, 7) is 2.29. The van der Waals surface area contributed by atoms with E-state index in [2.05, 4.69) is 5.32 Å². The molecular formula is C27H35N3O3. The van der Waals surface area contributed by atoms with Crippen LogP contribution < -0.4 is 5.32 Å². The van der Waals surface area contributed by atoms with Crippen molar-refractivity contribution in [3.05, 3.63) is 71.8 Å². The van der Waals surface area contributed by atoms with Crippen molar-refractivity contribution in [3.63, 3.8) is 0 Å². The third-order valence-corrected chi connectivity index (χ3v) is 6.28. The zero-order chi connectivity index (χ0) is 23.5. The Morgan fingerprint density at radius 2 is 1.21 bits per heavy atom. The molecule has 0 aliphatic carbocycles. The Labute approximate surface area is 197 Å². The van der Waals surface area contributed by atoms with E-state index in [0.717, 1.165) is 36.8 Å². The molecule has 1 N–H and O–H groups in total. The zero-order valence-electron chi connectivity index (χ0n) is 19.5. The van der Waals surface area contributed by atoms with E-state index in [1.54, 1.807) is 7.05 Å². The minimum atomic E-state index is -0.329. The molecule has 2 aromatic carbocycles. The van der Waals surface area contributed by atoms with Gasteiger partial charge in [-0.25, -0.2) is 0 Å². The van der Waals surface area contributed by atoms with Gasteiger partial charge in [-0.2, -0.15) is 0 Å². The summed E-state index contributed by atoms with van der Waals surface area (Å²) in [5.74, 6) is -0.00334. The van der Waals surface area contributed by atoms with Gasteiger partial charge in [0.25, 0.3) is 0 Å². The Balaban J connectivity index is 1.48. The largest absolute Gasteiger partial charge is 0.359 e. The molecule has 0 saturated carbocycles. The Kier molecular flexibility index (Phi) is 9.48. The lowest BCUT2D eigenvalue weighted by Crippen LogP contribution is -2.51. The fourth-order valence-electron chi connectivity index (χ4n) is 4.33. The van der Waals surface area contributed by atoms with Gasteiger partial charge in [0.15, 0.2) is 0 Å². The van der Waals surface area contributed by atoms with E-state index in [0.29, 0.717) is 39.0 Å². The first-order valence-electron chi connectivity index (χ1n) is 12.0. The van der Waals surface area contributed by atoms with Crippen molar-refractivity contribution in [2.24, 2.45) is 0 Å². The second kappa shape index (κ2) is 12.8. The van der Waals surface area contributed by atoms with Gasteiger partial charge in [0.2, 0.25) is 17.7 Å². The first-order chi connectivity index (χ1) is 16.1. The van der Waals surface area contributed by atoms with Crippen molar-refractivity contribution < 1.29 is 14.4 Å². The topological polar surface area (TPSA) is 69.7 Å². The van der Waals surface area contributed by atoms with Crippen LogP contribution in [0.25, 0.3) is 0 Å². The van der Waals surface area contributed by atoms with Crippen molar-refractivity contribution in [1.29, 1.82) is 0 Å². The molecule has 0 atom stereocenters. The van der Waals surface area contributed by atoms with E-state index in [1.807, 2.05) is 70.5 Å². The molecule has 0 unspecified atom stereocenters. The van der Waals surface area contributed by atoms with Gasteiger partial charge in [-0.1, -0.05) is 73.5 Å². The Morgan fingerprint density at radius 3 is 1.73 bits per heavy atom. The van der Waals surface area contributed by atoms with Gasteiger partial charge in [-0.15, -0.1) is 0 Å². The molecule has 6 nitrogen and oxygen atoms in total. The summed E-state index contributed by atoms with van der Waals surface area (Å²) in [4.78, 5) is 41.1. The van der Waals surface area contributed by atoms with E-state index in [4.69, 9.17) is 0 Å². The fourth-order valence-corrected chi connectivity index (χ4v) is 4.33. The van der Waals surface area contributed by atoms with Gasteiger partial charge in [0.05, 0.1) is 5.92 Å². The molecule has 3 amide bonds. The lowest BCUT2D eigenvalue weighted by atomic mass is 9.90. The maximum absolute atomic E-state index is 13.5. The fraction of sp³-hybridized carbons (Fsp3) is 0.444. The van der Waals surface area contributed by atoms with Crippen LogP contribution >= 0.6 is 0 Å². The minimum Gasteiger partial charge on any atom is -0.359 e. The van der Waals surface area contributed by atoms with Crippen LogP contribution in [0.15, 0.2) is 60.7 Å². The number of carbonyl (C=O) groups excluding carboxylic acids is 3. The van der Waals surface area contributed by atoms with E-state index >= 15 is 0 Å². The molecule has 1 fully saturated rings. The van der Waals surface area contributed by atoms with Gasteiger partial charge in [-0.05, 0) is 24.0 Å². The van der Waals surface area contributed by atoms with Gasteiger partial charge in [0, 0.05) is 46.1 Å². The number of carbonyl (C=O) groups is 3. The highest BCUT2D eigenvalue weighted by atomic mass is 16.2. The number of nitrogens with one attached hydrogen (secondary N) is 1. The van der Waals surface area contributed by atoms with Gasteiger partial charge in [-0.3, -0.25) is 14.4 Å². The molecule has 33 heavy (non-hydrogen) atoms. The molecule has 1 saturated heterocycles. The molecule has 1 heterocycles. The van der Waals surface area contributed by atoms with Crippen molar-refractivity contribution in [1.82, 2.24) is 15.1 Å². The predicted octanol–water partition coefficient (Wildman–Crippen LogP) is 3.58. The predicted molar refractivity (Wildman–Crippen MR) is 130 cm³/mol. The average molecular weight is 450 g/mol. The van der Waals surface area contributed by atoms with Crippen LogP contribution in [0.3, 0.4) is 0 Å². The van der Waals surface area contributed by atoms with Crippen molar-refractivity contribution in [2.45, 2.75) is 44.4 Å². The van der Waals surface area contributed by atoms with E-state index in [9.17, 15) is 14.4 Å². The van der Waals surface area contributed by atoms with Crippen molar-refractivity contribution in [2.75, 3.05) is 33.2 Å². The quantitative estimate of drug-likeness (QED) is 0.564. The summed E-state index contributed by atoms with van der Waals surface area (Å²) < 4.78 is 0. The Bertz CT molecular complexity index is 854. The van der Waals surface area contributed by atoms with E-state index in [-0.39, 0.29) is 23.6 Å². The highest BCUT2D eigenvalue weighted by molar-refractivity contribution is 5.87. The standard InChI is InChI=1S/C27H35N3O3/c1-28-24(31)16-10-2-3-11-17-25(32)29-18-20-30(21-19-29)27(33)26(22-12-6-4-7-13-22)23-14-8-5-9-15-23/h4-9,12-15,26H,2-3,10-11,16-21H2,1H3,(H,28,31). The molecule has 6 heteroatoms. The third-order valence-electron chi connectivity index (χ3n) is 6.28. The number of hydrogen-bond donors (Lipinski definition) is 1. The number of rotatable bonds is 10. The summed E-state index contributed by atoms with van der Waals surface area (Å²) in [7, 11) is 1.65.